The zero-order valence-electron chi connectivity index (χ0n) is 16.9. The van der Waals surface area contributed by atoms with Crippen molar-refractivity contribution in [2.24, 2.45) is 0 Å². The summed E-state index contributed by atoms with van der Waals surface area (Å²) in [6.45, 7) is 4.25. The number of imide groups is 1. The van der Waals surface area contributed by atoms with Gasteiger partial charge in [0.1, 0.15) is 17.8 Å². The first-order chi connectivity index (χ1) is 13.3. The lowest BCUT2D eigenvalue weighted by atomic mass is 9.93. The molecule has 7 heteroatoms. The molecule has 3 rings (SSSR count). The molecule has 1 N–H and O–H groups in total. The highest BCUT2D eigenvalue weighted by Gasteiger charge is 2.48. The molecule has 0 bridgehead atoms. The molecule has 28 heavy (non-hydrogen) atoms. The first-order valence-electron chi connectivity index (χ1n) is 9.90. The Kier molecular flexibility index (Phi) is 5.91. The molecular formula is C21H29N3O4. The van der Waals surface area contributed by atoms with Gasteiger partial charge in [-0.05, 0) is 63.6 Å². The van der Waals surface area contributed by atoms with Crippen LogP contribution >= 0.6 is 0 Å². The number of likely N-dealkylation sites (tertiary alicyclic amines) is 1. The summed E-state index contributed by atoms with van der Waals surface area (Å²) in [6, 6.07) is 7.31. The Bertz CT molecular complexity index is 749. The second-order valence-electron chi connectivity index (χ2n) is 7.93. The number of carbonyl (C=O) groups is 3. The highest BCUT2D eigenvalue weighted by Crippen LogP contribution is 2.25. The Hall–Kier alpha value is -2.57. The molecule has 0 spiro atoms. The van der Waals surface area contributed by atoms with Crippen LogP contribution in [0.2, 0.25) is 0 Å². The molecule has 2 saturated heterocycles. The molecule has 0 aromatic heterocycles. The van der Waals surface area contributed by atoms with Gasteiger partial charge >= 0.3 is 6.03 Å². The minimum atomic E-state index is -0.995. The summed E-state index contributed by atoms with van der Waals surface area (Å²) >= 11 is 0. The van der Waals surface area contributed by atoms with Crippen molar-refractivity contribution in [3.05, 3.63) is 29.8 Å². The number of amides is 4. The van der Waals surface area contributed by atoms with Crippen LogP contribution in [0.15, 0.2) is 24.3 Å². The molecule has 0 radical (unpaired) electrons. The molecule has 2 heterocycles. The van der Waals surface area contributed by atoms with Crippen molar-refractivity contribution in [3.63, 3.8) is 0 Å². The molecule has 0 unspecified atom stereocenters. The Balaban J connectivity index is 1.61. The van der Waals surface area contributed by atoms with E-state index in [1.165, 1.54) is 0 Å². The maximum Gasteiger partial charge on any atom is 0.325 e. The van der Waals surface area contributed by atoms with E-state index in [4.69, 9.17) is 4.74 Å². The second-order valence-corrected chi connectivity index (χ2v) is 7.93. The van der Waals surface area contributed by atoms with Gasteiger partial charge in [0.15, 0.2) is 0 Å². The van der Waals surface area contributed by atoms with E-state index in [0.717, 1.165) is 35.5 Å². The molecule has 2 atom stereocenters. The van der Waals surface area contributed by atoms with Gasteiger partial charge in [-0.1, -0.05) is 12.1 Å². The lowest BCUT2D eigenvalue weighted by Crippen LogP contribution is -2.49. The fraction of sp³-hybridized carbons (Fsp3) is 0.571. The third kappa shape index (κ3) is 4.13. The Morgan fingerprint density at radius 1 is 1.25 bits per heavy atom. The van der Waals surface area contributed by atoms with Crippen molar-refractivity contribution in [2.75, 3.05) is 20.2 Å². The highest BCUT2D eigenvalue weighted by molar-refractivity contribution is 6.08. The molecule has 0 aliphatic carbocycles. The number of ether oxygens (including phenoxy) is 1. The Labute approximate surface area is 166 Å². The third-order valence-corrected chi connectivity index (χ3v) is 5.83. The van der Waals surface area contributed by atoms with Crippen LogP contribution in [0.1, 0.15) is 45.1 Å². The van der Waals surface area contributed by atoms with Crippen LogP contribution < -0.4 is 10.1 Å². The number of carbonyl (C=O) groups excluding carboxylic acids is 3. The minimum Gasteiger partial charge on any atom is -0.497 e. The summed E-state index contributed by atoms with van der Waals surface area (Å²) in [7, 11) is 1.61. The Morgan fingerprint density at radius 2 is 1.96 bits per heavy atom. The van der Waals surface area contributed by atoms with E-state index in [1.54, 1.807) is 18.9 Å². The molecule has 2 aliphatic rings. The fourth-order valence-corrected chi connectivity index (χ4v) is 3.94. The van der Waals surface area contributed by atoms with E-state index in [0.29, 0.717) is 19.4 Å². The second kappa shape index (κ2) is 8.20. The predicted octanol–water partition coefficient (Wildman–Crippen LogP) is 2.34. The molecule has 7 nitrogen and oxygen atoms in total. The van der Waals surface area contributed by atoms with Gasteiger partial charge in [-0.15, -0.1) is 0 Å². The summed E-state index contributed by atoms with van der Waals surface area (Å²) in [4.78, 5) is 40.8. The number of methoxy groups -OCH3 is 1. The first-order valence-corrected chi connectivity index (χ1v) is 9.90. The third-order valence-electron chi connectivity index (χ3n) is 5.83. The Morgan fingerprint density at radius 3 is 2.61 bits per heavy atom. The first kappa shape index (κ1) is 20.2. The van der Waals surface area contributed by atoms with Crippen LogP contribution in [0.4, 0.5) is 4.79 Å². The lowest BCUT2D eigenvalue weighted by molar-refractivity contribution is -0.140. The van der Waals surface area contributed by atoms with Crippen LogP contribution in [0.5, 0.6) is 5.75 Å². The van der Waals surface area contributed by atoms with Crippen LogP contribution in [0.3, 0.4) is 0 Å². The fourth-order valence-electron chi connectivity index (χ4n) is 3.94. The predicted molar refractivity (Wildman–Crippen MR) is 105 cm³/mol. The number of benzene rings is 1. The van der Waals surface area contributed by atoms with Crippen molar-refractivity contribution >= 4 is 17.8 Å². The van der Waals surface area contributed by atoms with E-state index in [2.05, 4.69) is 5.32 Å². The number of aryl methyl sites for hydroxylation is 1. The van der Waals surface area contributed by atoms with E-state index < -0.39 is 11.6 Å². The normalized spacial score (nSPS) is 25.0. The molecule has 1 aromatic rings. The number of urea groups is 1. The summed E-state index contributed by atoms with van der Waals surface area (Å²) < 4.78 is 5.15. The van der Waals surface area contributed by atoms with Gasteiger partial charge in [-0.3, -0.25) is 14.5 Å². The largest absolute Gasteiger partial charge is 0.497 e. The maximum absolute atomic E-state index is 12.9. The van der Waals surface area contributed by atoms with E-state index in [9.17, 15) is 14.4 Å². The topological polar surface area (TPSA) is 79.0 Å². The van der Waals surface area contributed by atoms with Gasteiger partial charge in [0.05, 0.1) is 7.11 Å². The van der Waals surface area contributed by atoms with E-state index in [-0.39, 0.29) is 24.4 Å². The van der Waals surface area contributed by atoms with Crippen molar-refractivity contribution in [1.82, 2.24) is 15.1 Å². The minimum absolute atomic E-state index is 0.156. The number of piperidine rings is 1. The zero-order valence-corrected chi connectivity index (χ0v) is 16.9. The van der Waals surface area contributed by atoms with Gasteiger partial charge in [0.2, 0.25) is 5.91 Å². The van der Waals surface area contributed by atoms with Gasteiger partial charge in [-0.2, -0.15) is 0 Å². The zero-order chi connectivity index (χ0) is 20.3. The number of hydrogen-bond donors (Lipinski definition) is 1. The van der Waals surface area contributed by atoms with Crippen molar-refractivity contribution in [3.8, 4) is 5.75 Å². The molecule has 4 amide bonds. The van der Waals surface area contributed by atoms with Crippen molar-refractivity contribution in [2.45, 2.75) is 57.5 Å². The summed E-state index contributed by atoms with van der Waals surface area (Å²) in [5.74, 6) is 0.288. The number of hydrogen-bond acceptors (Lipinski definition) is 4. The van der Waals surface area contributed by atoms with E-state index >= 15 is 0 Å². The summed E-state index contributed by atoms with van der Waals surface area (Å²) in [5.41, 5.74) is 0.0610. The quantitative estimate of drug-likeness (QED) is 0.760. The summed E-state index contributed by atoms with van der Waals surface area (Å²) in [5, 5.41) is 2.78. The van der Waals surface area contributed by atoms with Crippen LogP contribution in [0, 0.1) is 0 Å². The standard InChI is InChI=1S/C21H29N3O4/c1-15-6-4-5-13-23(15)18(25)14-24-19(26)21(2,22-20(24)27)12-11-16-7-9-17(28-3)10-8-16/h7-10,15H,4-6,11-14H2,1-3H3,(H,22,27)/t15-,21-/m0/s1. The molecule has 152 valence electrons. The van der Waals surface area contributed by atoms with Crippen LogP contribution in [0.25, 0.3) is 0 Å². The van der Waals surface area contributed by atoms with E-state index in [1.807, 2.05) is 31.2 Å². The molecule has 0 saturated carbocycles. The SMILES string of the molecule is COc1ccc(CC[C@]2(C)NC(=O)N(CC(=O)N3CCCC[C@@H]3C)C2=O)cc1. The molecule has 1 aromatic carbocycles. The van der Waals surface area contributed by atoms with Crippen LogP contribution in [-0.2, 0) is 16.0 Å². The number of rotatable bonds is 6. The maximum atomic E-state index is 12.9. The summed E-state index contributed by atoms with van der Waals surface area (Å²) in [6.07, 6.45) is 4.14. The average Bonchev–Trinajstić information content (AvgIpc) is 2.90. The average molecular weight is 387 g/mol. The molecule has 2 aliphatic heterocycles. The smallest absolute Gasteiger partial charge is 0.325 e. The number of nitrogens with zero attached hydrogens (tertiary/aromatic N) is 2. The lowest BCUT2D eigenvalue weighted by Gasteiger charge is -2.34. The van der Waals surface area contributed by atoms with Crippen LogP contribution in [-0.4, -0.2) is 59.4 Å². The molecular weight excluding hydrogens is 358 g/mol. The van der Waals surface area contributed by atoms with Crippen molar-refractivity contribution in [1.29, 1.82) is 0 Å². The van der Waals surface area contributed by atoms with Gasteiger partial charge in [0.25, 0.3) is 5.91 Å². The van der Waals surface area contributed by atoms with Gasteiger partial charge < -0.3 is 15.0 Å². The monoisotopic (exact) mass is 387 g/mol. The number of nitrogens with one attached hydrogen (secondary N) is 1. The molecule has 2 fully saturated rings. The van der Waals surface area contributed by atoms with Crippen molar-refractivity contribution < 1.29 is 19.1 Å². The van der Waals surface area contributed by atoms with Gasteiger partial charge in [-0.25, -0.2) is 4.79 Å². The highest BCUT2D eigenvalue weighted by atomic mass is 16.5. The van der Waals surface area contributed by atoms with Gasteiger partial charge in [0, 0.05) is 12.6 Å².